The van der Waals surface area contributed by atoms with E-state index in [1.807, 2.05) is 13.8 Å². The highest BCUT2D eigenvalue weighted by Gasteiger charge is 2.08. The van der Waals surface area contributed by atoms with Crippen molar-refractivity contribution in [3.63, 3.8) is 0 Å². The molecule has 0 unspecified atom stereocenters. The second-order valence-corrected chi connectivity index (χ2v) is 6.27. The van der Waals surface area contributed by atoms with Gasteiger partial charge < -0.3 is 5.32 Å². The molecule has 0 aliphatic rings. The van der Waals surface area contributed by atoms with Crippen LogP contribution in [0, 0.1) is 16.0 Å². The van der Waals surface area contributed by atoms with Gasteiger partial charge in [-0.3, -0.25) is 19.7 Å². The van der Waals surface area contributed by atoms with Crippen LogP contribution in [0.25, 0.3) is 0 Å². The van der Waals surface area contributed by atoms with Crippen molar-refractivity contribution in [2.75, 3.05) is 5.32 Å². The van der Waals surface area contributed by atoms with E-state index in [4.69, 9.17) is 0 Å². The molecule has 0 radical (unpaired) electrons. The molecule has 0 aliphatic heterocycles. The standard InChI is InChI=1S/C19H20N4O4/c1-13(2)10-18(24)21-16-8-6-15(7-9-16)19(25)22-20-12-14-4-3-5-17(11-14)23(26)27/h3-9,11-13H,10H2,1-2H3,(H,21,24)(H,22,25)/b20-12+. The average molecular weight is 368 g/mol. The predicted molar refractivity (Wildman–Crippen MR) is 103 cm³/mol. The summed E-state index contributed by atoms with van der Waals surface area (Å²) >= 11 is 0. The number of carbonyl (C=O) groups is 2. The van der Waals surface area contributed by atoms with E-state index in [-0.39, 0.29) is 17.5 Å². The average Bonchev–Trinajstić information content (AvgIpc) is 2.61. The number of hydrazone groups is 1. The molecule has 8 heteroatoms. The van der Waals surface area contributed by atoms with E-state index in [0.717, 1.165) is 0 Å². The lowest BCUT2D eigenvalue weighted by Crippen LogP contribution is -2.18. The Balaban J connectivity index is 1.93. The Morgan fingerprint density at radius 2 is 1.89 bits per heavy atom. The highest BCUT2D eigenvalue weighted by molar-refractivity contribution is 5.96. The number of nitrogens with one attached hydrogen (secondary N) is 2. The number of benzene rings is 2. The fourth-order valence-electron chi connectivity index (χ4n) is 2.24. The maximum absolute atomic E-state index is 12.1. The number of nitro groups is 1. The van der Waals surface area contributed by atoms with E-state index in [0.29, 0.717) is 23.2 Å². The van der Waals surface area contributed by atoms with Gasteiger partial charge in [0, 0.05) is 35.4 Å². The van der Waals surface area contributed by atoms with Crippen molar-refractivity contribution in [3.8, 4) is 0 Å². The van der Waals surface area contributed by atoms with Crippen LogP contribution in [0.3, 0.4) is 0 Å². The first-order valence-electron chi connectivity index (χ1n) is 8.33. The molecule has 8 nitrogen and oxygen atoms in total. The van der Waals surface area contributed by atoms with Crippen LogP contribution < -0.4 is 10.7 Å². The van der Waals surface area contributed by atoms with Gasteiger partial charge in [-0.1, -0.05) is 26.0 Å². The predicted octanol–water partition coefficient (Wildman–Crippen LogP) is 3.34. The van der Waals surface area contributed by atoms with Crippen LogP contribution in [0.4, 0.5) is 11.4 Å². The molecule has 27 heavy (non-hydrogen) atoms. The summed E-state index contributed by atoms with van der Waals surface area (Å²) in [7, 11) is 0. The summed E-state index contributed by atoms with van der Waals surface area (Å²) in [5.41, 5.74) is 3.77. The van der Waals surface area contributed by atoms with Gasteiger partial charge in [0.2, 0.25) is 5.91 Å². The number of non-ortho nitro benzene ring substituents is 1. The van der Waals surface area contributed by atoms with E-state index in [2.05, 4.69) is 15.8 Å². The third-order valence-corrected chi connectivity index (χ3v) is 3.49. The minimum absolute atomic E-state index is 0.0552. The molecule has 0 atom stereocenters. The van der Waals surface area contributed by atoms with Crippen molar-refractivity contribution in [2.45, 2.75) is 20.3 Å². The SMILES string of the molecule is CC(C)CC(=O)Nc1ccc(C(=O)N/N=C/c2cccc([N+](=O)[O-])c2)cc1. The van der Waals surface area contributed by atoms with Gasteiger partial charge in [0.25, 0.3) is 11.6 Å². The largest absolute Gasteiger partial charge is 0.326 e. The first-order chi connectivity index (χ1) is 12.8. The minimum Gasteiger partial charge on any atom is -0.326 e. The lowest BCUT2D eigenvalue weighted by Gasteiger charge is -2.07. The molecule has 0 heterocycles. The Labute approximate surface area is 156 Å². The Bertz CT molecular complexity index is 860. The molecule has 140 valence electrons. The minimum atomic E-state index is -0.503. The molecule has 0 saturated carbocycles. The molecule has 2 rings (SSSR count). The lowest BCUT2D eigenvalue weighted by atomic mass is 10.1. The fourth-order valence-corrected chi connectivity index (χ4v) is 2.24. The molecule has 2 amide bonds. The maximum atomic E-state index is 12.1. The zero-order chi connectivity index (χ0) is 19.8. The van der Waals surface area contributed by atoms with E-state index < -0.39 is 10.8 Å². The van der Waals surface area contributed by atoms with Crippen LogP contribution in [0.2, 0.25) is 0 Å². The summed E-state index contributed by atoms with van der Waals surface area (Å²) in [6.45, 7) is 3.92. The molecule has 0 spiro atoms. The zero-order valence-corrected chi connectivity index (χ0v) is 15.0. The second kappa shape index (κ2) is 9.23. The molecule has 0 saturated heterocycles. The summed E-state index contributed by atoms with van der Waals surface area (Å²) in [5.74, 6) is -0.251. The fraction of sp³-hybridized carbons (Fsp3) is 0.211. The van der Waals surface area contributed by atoms with Crippen LogP contribution in [-0.2, 0) is 4.79 Å². The second-order valence-electron chi connectivity index (χ2n) is 6.27. The van der Waals surface area contributed by atoms with E-state index in [9.17, 15) is 19.7 Å². The number of nitro benzene ring substituents is 1. The Morgan fingerprint density at radius 3 is 2.52 bits per heavy atom. The lowest BCUT2D eigenvalue weighted by molar-refractivity contribution is -0.384. The molecule has 0 bridgehead atoms. The number of hydrogen-bond acceptors (Lipinski definition) is 5. The highest BCUT2D eigenvalue weighted by atomic mass is 16.6. The molecule has 2 aromatic rings. The van der Waals surface area contributed by atoms with Crippen molar-refractivity contribution >= 4 is 29.4 Å². The van der Waals surface area contributed by atoms with Crippen LogP contribution in [0.5, 0.6) is 0 Å². The molecular formula is C19H20N4O4. The van der Waals surface area contributed by atoms with Gasteiger partial charge in [0.1, 0.15) is 0 Å². The number of carbonyl (C=O) groups excluding carboxylic acids is 2. The van der Waals surface area contributed by atoms with Gasteiger partial charge in [0.05, 0.1) is 11.1 Å². The Hall–Kier alpha value is -3.55. The monoisotopic (exact) mass is 368 g/mol. The van der Waals surface area contributed by atoms with Gasteiger partial charge in [-0.25, -0.2) is 5.43 Å². The van der Waals surface area contributed by atoms with Gasteiger partial charge >= 0.3 is 0 Å². The van der Waals surface area contributed by atoms with Crippen molar-refractivity contribution in [3.05, 3.63) is 69.8 Å². The molecule has 0 aliphatic carbocycles. The van der Waals surface area contributed by atoms with Crippen molar-refractivity contribution in [1.29, 1.82) is 0 Å². The third-order valence-electron chi connectivity index (χ3n) is 3.49. The number of amides is 2. The van der Waals surface area contributed by atoms with Crippen molar-refractivity contribution in [2.24, 2.45) is 11.0 Å². The Kier molecular flexibility index (Phi) is 6.76. The molecule has 0 aromatic heterocycles. The summed E-state index contributed by atoms with van der Waals surface area (Å²) in [5, 5.41) is 17.3. The molecule has 2 aromatic carbocycles. The van der Waals surface area contributed by atoms with Crippen molar-refractivity contribution < 1.29 is 14.5 Å². The number of nitrogens with zero attached hydrogens (tertiary/aromatic N) is 2. The number of anilines is 1. The third kappa shape index (κ3) is 6.35. The summed E-state index contributed by atoms with van der Waals surface area (Å²) < 4.78 is 0. The van der Waals surface area contributed by atoms with Gasteiger partial charge in [0.15, 0.2) is 0 Å². The van der Waals surface area contributed by atoms with Crippen LogP contribution in [-0.4, -0.2) is 23.0 Å². The van der Waals surface area contributed by atoms with E-state index in [1.165, 1.54) is 24.4 Å². The van der Waals surface area contributed by atoms with E-state index in [1.54, 1.807) is 30.3 Å². The quantitative estimate of drug-likeness (QED) is 0.443. The Morgan fingerprint density at radius 1 is 1.19 bits per heavy atom. The normalized spacial score (nSPS) is 10.8. The first kappa shape index (κ1) is 19.8. The molecule has 2 N–H and O–H groups in total. The summed E-state index contributed by atoms with van der Waals surface area (Å²) in [6.07, 6.45) is 1.75. The van der Waals surface area contributed by atoms with Crippen LogP contribution in [0.15, 0.2) is 53.6 Å². The summed E-state index contributed by atoms with van der Waals surface area (Å²) in [4.78, 5) is 34.0. The maximum Gasteiger partial charge on any atom is 0.271 e. The highest BCUT2D eigenvalue weighted by Crippen LogP contribution is 2.12. The summed E-state index contributed by atoms with van der Waals surface area (Å²) in [6, 6.07) is 12.3. The number of hydrogen-bond donors (Lipinski definition) is 2. The van der Waals surface area contributed by atoms with Crippen LogP contribution >= 0.6 is 0 Å². The topological polar surface area (TPSA) is 114 Å². The first-order valence-corrected chi connectivity index (χ1v) is 8.33. The van der Waals surface area contributed by atoms with Gasteiger partial charge in [-0.15, -0.1) is 0 Å². The molecular weight excluding hydrogens is 348 g/mol. The number of rotatable bonds is 7. The van der Waals surface area contributed by atoms with E-state index >= 15 is 0 Å². The van der Waals surface area contributed by atoms with Crippen LogP contribution in [0.1, 0.15) is 36.2 Å². The van der Waals surface area contributed by atoms with Crippen molar-refractivity contribution in [1.82, 2.24) is 5.43 Å². The molecule has 0 fully saturated rings. The van der Waals surface area contributed by atoms with Gasteiger partial charge in [-0.05, 0) is 30.2 Å². The van der Waals surface area contributed by atoms with Gasteiger partial charge in [-0.2, -0.15) is 5.10 Å². The zero-order valence-electron chi connectivity index (χ0n) is 15.0. The smallest absolute Gasteiger partial charge is 0.271 e.